The summed E-state index contributed by atoms with van der Waals surface area (Å²) in [6, 6.07) is 12.7. The predicted octanol–water partition coefficient (Wildman–Crippen LogP) is 4.56. The summed E-state index contributed by atoms with van der Waals surface area (Å²) < 4.78 is 1.93. The molecule has 5 aromatic rings. The van der Waals surface area contributed by atoms with Gasteiger partial charge in [0.25, 0.3) is 11.8 Å². The van der Waals surface area contributed by atoms with Crippen molar-refractivity contribution in [3.8, 4) is 5.75 Å². The van der Waals surface area contributed by atoms with Gasteiger partial charge in [0.2, 0.25) is 0 Å². The molecule has 0 unspecified atom stereocenters. The van der Waals surface area contributed by atoms with Crippen molar-refractivity contribution >= 4 is 55.4 Å². The molecule has 0 fully saturated rings. The number of H-pyrrole nitrogens is 1. The molecule has 3 heterocycles. The van der Waals surface area contributed by atoms with E-state index in [1.54, 1.807) is 18.2 Å². The van der Waals surface area contributed by atoms with Crippen LogP contribution in [-0.4, -0.2) is 31.5 Å². The van der Waals surface area contributed by atoms with Gasteiger partial charge in [0.15, 0.2) is 0 Å². The number of aromatic nitrogens is 2. The van der Waals surface area contributed by atoms with Crippen LogP contribution in [0.5, 0.6) is 5.75 Å². The maximum absolute atomic E-state index is 13.0. The van der Waals surface area contributed by atoms with Gasteiger partial charge in [-0.2, -0.15) is 0 Å². The van der Waals surface area contributed by atoms with Gasteiger partial charge in [0, 0.05) is 40.2 Å². The molecule has 6 rings (SSSR count). The summed E-state index contributed by atoms with van der Waals surface area (Å²) in [6.45, 7) is 4.25. The number of phenols is 1. The van der Waals surface area contributed by atoms with Crippen LogP contribution in [0.15, 0.2) is 42.5 Å². The van der Waals surface area contributed by atoms with Crippen molar-refractivity contribution in [3.05, 3.63) is 53.6 Å². The lowest BCUT2D eigenvalue weighted by Crippen LogP contribution is -2.36. The molecule has 0 spiro atoms. The molecule has 2 amide bonds. The molecular weight excluding hydrogens is 392 g/mol. The third kappa shape index (κ3) is 2.38. The largest absolute Gasteiger partial charge is 0.508 e. The Kier molecular flexibility index (Phi) is 4.06. The third-order valence-corrected chi connectivity index (χ3v) is 5.74. The number of aromatic amines is 1. The zero-order valence-corrected chi connectivity index (χ0v) is 17.5. The number of aryl methyl sites for hydroxylation is 1. The number of amides is 2. The zero-order valence-electron chi connectivity index (χ0n) is 17.5. The van der Waals surface area contributed by atoms with Crippen molar-refractivity contribution in [2.75, 3.05) is 0 Å². The van der Waals surface area contributed by atoms with Gasteiger partial charge in [-0.1, -0.05) is 38.5 Å². The van der Waals surface area contributed by atoms with Crippen LogP contribution in [0.3, 0.4) is 0 Å². The number of para-hydroxylation sites is 1. The van der Waals surface area contributed by atoms with Crippen LogP contribution < -0.4 is 5.84 Å². The van der Waals surface area contributed by atoms with Gasteiger partial charge in [-0.25, -0.2) is 10.9 Å². The second-order valence-corrected chi connectivity index (χ2v) is 7.84. The van der Waals surface area contributed by atoms with Gasteiger partial charge in [-0.05, 0) is 18.2 Å². The molecule has 0 aliphatic carbocycles. The first-order valence-electron chi connectivity index (χ1n) is 10.2. The Balaban J connectivity index is 0.000000646. The van der Waals surface area contributed by atoms with E-state index in [1.165, 1.54) is 6.42 Å². The van der Waals surface area contributed by atoms with Gasteiger partial charge in [-0.15, -0.1) is 0 Å². The van der Waals surface area contributed by atoms with E-state index in [4.69, 9.17) is 5.84 Å². The fraction of sp³-hybridized carbons (Fsp3) is 0.167. The van der Waals surface area contributed by atoms with E-state index in [-0.39, 0.29) is 5.75 Å². The number of rotatable bonds is 0. The van der Waals surface area contributed by atoms with Crippen LogP contribution >= 0.6 is 0 Å². The van der Waals surface area contributed by atoms with Gasteiger partial charge in [0.05, 0.1) is 27.7 Å². The summed E-state index contributed by atoms with van der Waals surface area (Å²) in [6.07, 6.45) is 1.25. The van der Waals surface area contributed by atoms with E-state index in [0.717, 1.165) is 32.8 Å². The van der Waals surface area contributed by atoms with Crippen molar-refractivity contribution in [2.24, 2.45) is 12.9 Å². The van der Waals surface area contributed by atoms with Crippen molar-refractivity contribution in [2.45, 2.75) is 20.3 Å². The van der Waals surface area contributed by atoms with Gasteiger partial charge in [-0.3, -0.25) is 9.59 Å². The Bertz CT molecular complexity index is 1560. The lowest BCUT2D eigenvalue weighted by molar-refractivity contribution is 0.0655. The average molecular weight is 414 g/mol. The second-order valence-electron chi connectivity index (χ2n) is 7.84. The molecule has 0 radical (unpaired) electrons. The molecule has 2 aromatic heterocycles. The number of nitrogens with zero attached hydrogens (tertiary/aromatic N) is 2. The molecule has 7 nitrogen and oxygen atoms in total. The molecule has 1 aliphatic rings. The number of aromatic hydroxyl groups is 1. The molecule has 3 aromatic carbocycles. The van der Waals surface area contributed by atoms with Crippen molar-refractivity contribution in [3.63, 3.8) is 0 Å². The third-order valence-electron chi connectivity index (χ3n) is 5.74. The van der Waals surface area contributed by atoms with Gasteiger partial charge >= 0.3 is 0 Å². The Labute approximate surface area is 177 Å². The number of carbonyl (C=O) groups is 2. The average Bonchev–Trinajstić information content (AvgIpc) is 3.34. The number of nitrogens with one attached hydrogen (secondary N) is 1. The molecule has 4 N–H and O–H groups in total. The molecule has 1 aliphatic heterocycles. The smallest absolute Gasteiger partial charge is 0.276 e. The van der Waals surface area contributed by atoms with E-state index in [1.807, 2.05) is 35.9 Å². The first-order chi connectivity index (χ1) is 14.9. The van der Waals surface area contributed by atoms with E-state index in [2.05, 4.69) is 18.8 Å². The second kappa shape index (κ2) is 6.58. The van der Waals surface area contributed by atoms with E-state index >= 15 is 0 Å². The number of hydrogen-bond acceptors (Lipinski definition) is 4. The Hall–Kier alpha value is -3.84. The number of imide groups is 1. The van der Waals surface area contributed by atoms with Crippen LogP contribution in [0.25, 0.3) is 43.6 Å². The molecule has 7 heteroatoms. The SMILES string of the molecule is CCC.Cn1c2cc(O)ccc2c2c3c(c4c5ccccc5[nH]c4c21)C(=O)N(N)C3=O. The summed E-state index contributed by atoms with van der Waals surface area (Å²) in [4.78, 5) is 29.3. The molecule has 156 valence electrons. The standard InChI is InChI=1S/C21H14N4O3.C3H8/c1-24-13-8-9(26)6-7-11(13)15-17-16(20(27)25(22)21(17)28)14-10-4-2-3-5-12(10)23-18(14)19(15)24;1-3-2/h2-8,23,26H,22H2,1H3;3H2,1-2H3. The monoisotopic (exact) mass is 414 g/mol. The number of hydrogen-bond donors (Lipinski definition) is 3. The summed E-state index contributed by atoms with van der Waals surface area (Å²) in [5.41, 5.74) is 3.84. The number of nitrogens with two attached hydrogens (primary N) is 1. The molecular formula is C24H22N4O3. The lowest BCUT2D eigenvalue weighted by atomic mass is 9.97. The van der Waals surface area contributed by atoms with E-state index in [9.17, 15) is 14.7 Å². The van der Waals surface area contributed by atoms with Crippen molar-refractivity contribution in [1.29, 1.82) is 0 Å². The fourth-order valence-corrected chi connectivity index (χ4v) is 4.56. The number of benzene rings is 3. The topological polar surface area (TPSA) is 104 Å². The number of hydrazine groups is 1. The summed E-state index contributed by atoms with van der Waals surface area (Å²) in [5.74, 6) is 4.93. The quantitative estimate of drug-likeness (QED) is 0.196. The van der Waals surface area contributed by atoms with Crippen molar-refractivity contribution < 1.29 is 14.7 Å². The normalized spacial score (nSPS) is 13.5. The maximum Gasteiger partial charge on any atom is 0.276 e. The van der Waals surface area contributed by atoms with Gasteiger partial charge in [0.1, 0.15) is 5.75 Å². The van der Waals surface area contributed by atoms with E-state index < -0.39 is 11.8 Å². The summed E-state index contributed by atoms with van der Waals surface area (Å²) >= 11 is 0. The van der Waals surface area contributed by atoms with Crippen LogP contribution in [0, 0.1) is 0 Å². The highest BCUT2D eigenvalue weighted by atomic mass is 16.3. The minimum Gasteiger partial charge on any atom is -0.508 e. The number of phenolic OH excluding ortho intramolecular Hbond substituents is 1. The predicted molar refractivity (Wildman–Crippen MR) is 122 cm³/mol. The number of carbonyl (C=O) groups excluding carboxylic acids is 2. The molecule has 0 bridgehead atoms. The Morgan fingerprint density at radius 2 is 1.61 bits per heavy atom. The Morgan fingerprint density at radius 3 is 2.32 bits per heavy atom. The highest BCUT2D eigenvalue weighted by molar-refractivity contribution is 6.39. The van der Waals surface area contributed by atoms with Gasteiger partial charge < -0.3 is 14.7 Å². The fourth-order valence-electron chi connectivity index (χ4n) is 4.56. The highest BCUT2D eigenvalue weighted by Crippen LogP contribution is 2.44. The van der Waals surface area contributed by atoms with E-state index in [0.29, 0.717) is 26.9 Å². The maximum atomic E-state index is 13.0. The molecule has 0 atom stereocenters. The van der Waals surface area contributed by atoms with Crippen LogP contribution in [0.2, 0.25) is 0 Å². The first-order valence-corrected chi connectivity index (χ1v) is 10.2. The summed E-state index contributed by atoms with van der Waals surface area (Å²) in [7, 11) is 1.88. The molecule has 0 saturated heterocycles. The van der Waals surface area contributed by atoms with Crippen LogP contribution in [0.1, 0.15) is 41.0 Å². The zero-order chi connectivity index (χ0) is 22.0. The minimum atomic E-state index is -0.516. The summed E-state index contributed by atoms with van der Waals surface area (Å²) in [5, 5.41) is 13.7. The minimum absolute atomic E-state index is 0.130. The first kappa shape index (κ1) is 19.1. The highest BCUT2D eigenvalue weighted by Gasteiger charge is 2.40. The van der Waals surface area contributed by atoms with Crippen LogP contribution in [0.4, 0.5) is 0 Å². The lowest BCUT2D eigenvalue weighted by Gasteiger charge is -2.04. The molecule has 31 heavy (non-hydrogen) atoms. The van der Waals surface area contributed by atoms with Crippen LogP contribution in [-0.2, 0) is 7.05 Å². The number of fused-ring (bicyclic) bond motifs is 10. The van der Waals surface area contributed by atoms with Crippen molar-refractivity contribution in [1.82, 2.24) is 14.6 Å². The molecule has 0 saturated carbocycles. The Morgan fingerprint density at radius 1 is 0.968 bits per heavy atom.